The topological polar surface area (TPSA) is 59.4 Å². The Balaban J connectivity index is 1.31. The fraction of sp³-hybridized carbons (Fsp3) is 0.417. The third kappa shape index (κ3) is 5.23. The first-order valence-corrected chi connectivity index (χ1v) is 11.9. The van der Waals surface area contributed by atoms with Gasteiger partial charge in [0, 0.05) is 36.6 Å². The van der Waals surface area contributed by atoms with Crippen LogP contribution in [0.15, 0.2) is 53.9 Å². The van der Waals surface area contributed by atoms with Crippen LogP contribution in [-0.2, 0) is 16.1 Å². The van der Waals surface area contributed by atoms with Crippen molar-refractivity contribution in [1.82, 2.24) is 14.7 Å². The van der Waals surface area contributed by atoms with Crippen LogP contribution in [0.25, 0.3) is 5.69 Å². The van der Waals surface area contributed by atoms with Crippen molar-refractivity contribution in [3.05, 3.63) is 64.5 Å². The number of carbonyl (C=O) groups is 1. The van der Waals surface area contributed by atoms with Crippen LogP contribution in [0.5, 0.6) is 0 Å². The van der Waals surface area contributed by atoms with Crippen LogP contribution in [-0.4, -0.2) is 46.4 Å². The SMILES string of the molecule is O=C(CN(Cc1cccs1)CC1CCCO1)Nc1cc(C2CC2)nn1-c1ccccc1. The molecule has 5 rings (SSSR count). The summed E-state index contributed by atoms with van der Waals surface area (Å²) in [5.74, 6) is 1.25. The Morgan fingerprint density at radius 3 is 2.77 bits per heavy atom. The molecule has 31 heavy (non-hydrogen) atoms. The minimum atomic E-state index is -0.0195. The zero-order valence-electron chi connectivity index (χ0n) is 17.6. The van der Waals surface area contributed by atoms with E-state index in [0.717, 1.165) is 49.7 Å². The summed E-state index contributed by atoms with van der Waals surface area (Å²) >= 11 is 1.73. The van der Waals surface area contributed by atoms with Crippen LogP contribution in [0.3, 0.4) is 0 Å². The molecule has 1 atom stereocenters. The predicted molar refractivity (Wildman–Crippen MR) is 123 cm³/mol. The molecule has 2 fully saturated rings. The van der Waals surface area contributed by atoms with E-state index >= 15 is 0 Å². The summed E-state index contributed by atoms with van der Waals surface area (Å²) in [4.78, 5) is 16.5. The lowest BCUT2D eigenvalue weighted by molar-refractivity contribution is -0.117. The van der Waals surface area contributed by atoms with E-state index in [1.807, 2.05) is 41.1 Å². The minimum Gasteiger partial charge on any atom is -0.377 e. The Hall–Kier alpha value is -2.48. The molecule has 2 aliphatic rings. The number of thiophene rings is 1. The molecular formula is C24H28N4O2S. The van der Waals surface area contributed by atoms with Gasteiger partial charge in [0.15, 0.2) is 0 Å². The molecule has 1 aromatic carbocycles. The maximum Gasteiger partial charge on any atom is 0.239 e. The van der Waals surface area contributed by atoms with E-state index in [2.05, 4.69) is 27.7 Å². The van der Waals surface area contributed by atoms with Crippen molar-refractivity contribution in [3.8, 4) is 5.69 Å². The Bertz CT molecular complexity index is 992. The second kappa shape index (κ2) is 9.34. The van der Waals surface area contributed by atoms with Gasteiger partial charge in [-0.05, 0) is 49.3 Å². The molecule has 1 saturated heterocycles. The number of nitrogens with one attached hydrogen (secondary N) is 1. The molecule has 3 heterocycles. The number of rotatable bonds is 9. The number of para-hydroxylation sites is 1. The Kier molecular flexibility index (Phi) is 6.15. The molecule has 1 saturated carbocycles. The Morgan fingerprint density at radius 2 is 2.06 bits per heavy atom. The van der Waals surface area contributed by atoms with Gasteiger partial charge in [0.1, 0.15) is 5.82 Å². The highest BCUT2D eigenvalue weighted by Gasteiger charge is 2.28. The van der Waals surface area contributed by atoms with Gasteiger partial charge in [0.25, 0.3) is 0 Å². The van der Waals surface area contributed by atoms with E-state index < -0.39 is 0 Å². The number of anilines is 1. The van der Waals surface area contributed by atoms with Gasteiger partial charge in [0.05, 0.1) is 24.0 Å². The Morgan fingerprint density at radius 1 is 1.19 bits per heavy atom. The zero-order valence-corrected chi connectivity index (χ0v) is 18.4. The highest BCUT2D eigenvalue weighted by atomic mass is 32.1. The summed E-state index contributed by atoms with van der Waals surface area (Å²) in [6, 6.07) is 16.2. The highest BCUT2D eigenvalue weighted by molar-refractivity contribution is 7.09. The molecule has 0 bridgehead atoms. The van der Waals surface area contributed by atoms with Crippen LogP contribution in [0.1, 0.15) is 42.2 Å². The largest absolute Gasteiger partial charge is 0.377 e. The molecule has 1 aliphatic carbocycles. The van der Waals surface area contributed by atoms with Gasteiger partial charge in [-0.2, -0.15) is 5.10 Å². The minimum absolute atomic E-state index is 0.0195. The van der Waals surface area contributed by atoms with E-state index in [-0.39, 0.29) is 12.0 Å². The molecule has 1 aliphatic heterocycles. The van der Waals surface area contributed by atoms with E-state index in [0.29, 0.717) is 12.5 Å². The molecular weight excluding hydrogens is 408 g/mol. The number of carbonyl (C=O) groups excluding carboxylic acids is 1. The summed E-state index contributed by atoms with van der Waals surface area (Å²) in [5.41, 5.74) is 2.02. The van der Waals surface area contributed by atoms with Gasteiger partial charge in [-0.3, -0.25) is 9.69 Å². The van der Waals surface area contributed by atoms with Gasteiger partial charge < -0.3 is 10.1 Å². The maximum atomic E-state index is 13.1. The van der Waals surface area contributed by atoms with Crippen molar-refractivity contribution < 1.29 is 9.53 Å². The predicted octanol–water partition coefficient (Wildman–Crippen LogP) is 4.43. The van der Waals surface area contributed by atoms with Crippen molar-refractivity contribution in [2.75, 3.05) is 25.0 Å². The second-order valence-corrected chi connectivity index (χ2v) is 9.44. The van der Waals surface area contributed by atoms with Crippen LogP contribution in [0.2, 0.25) is 0 Å². The van der Waals surface area contributed by atoms with Crippen molar-refractivity contribution >= 4 is 23.1 Å². The fourth-order valence-electron chi connectivity index (χ4n) is 4.10. The quantitative estimate of drug-likeness (QED) is 0.539. The number of nitrogens with zero attached hydrogens (tertiary/aromatic N) is 3. The van der Waals surface area contributed by atoms with E-state index in [1.54, 1.807) is 11.3 Å². The molecule has 0 spiro atoms. The lowest BCUT2D eigenvalue weighted by Gasteiger charge is -2.24. The van der Waals surface area contributed by atoms with E-state index in [1.165, 1.54) is 17.7 Å². The Labute approximate surface area is 186 Å². The summed E-state index contributed by atoms with van der Waals surface area (Å²) in [6.45, 7) is 2.69. The number of hydrogen-bond acceptors (Lipinski definition) is 5. The first kappa shape index (κ1) is 20.4. The number of aromatic nitrogens is 2. The van der Waals surface area contributed by atoms with Gasteiger partial charge >= 0.3 is 0 Å². The average molecular weight is 437 g/mol. The first-order chi connectivity index (χ1) is 15.2. The van der Waals surface area contributed by atoms with Gasteiger partial charge in [0.2, 0.25) is 5.91 Å². The number of hydrogen-bond donors (Lipinski definition) is 1. The van der Waals surface area contributed by atoms with Gasteiger partial charge in [-0.15, -0.1) is 11.3 Å². The second-order valence-electron chi connectivity index (χ2n) is 8.41. The third-order valence-corrected chi connectivity index (χ3v) is 6.67. The lowest BCUT2D eigenvalue weighted by atomic mass is 10.2. The number of ether oxygens (including phenoxy) is 1. The first-order valence-electron chi connectivity index (χ1n) is 11.1. The average Bonchev–Trinajstić information content (AvgIpc) is 3.14. The van der Waals surface area contributed by atoms with Gasteiger partial charge in [-0.25, -0.2) is 4.68 Å². The van der Waals surface area contributed by atoms with E-state index in [9.17, 15) is 4.79 Å². The normalized spacial score (nSPS) is 18.5. The van der Waals surface area contributed by atoms with Gasteiger partial charge in [-0.1, -0.05) is 24.3 Å². The van der Waals surface area contributed by atoms with Crippen LogP contribution >= 0.6 is 11.3 Å². The molecule has 3 aromatic rings. The number of amides is 1. The van der Waals surface area contributed by atoms with Crippen molar-refractivity contribution in [2.45, 2.75) is 44.2 Å². The molecule has 162 valence electrons. The van der Waals surface area contributed by atoms with E-state index in [4.69, 9.17) is 9.84 Å². The molecule has 2 aromatic heterocycles. The summed E-state index contributed by atoms with van der Waals surface area (Å²) in [5, 5.41) is 10.00. The lowest BCUT2D eigenvalue weighted by Crippen LogP contribution is -2.38. The van der Waals surface area contributed by atoms with Crippen LogP contribution in [0.4, 0.5) is 5.82 Å². The molecule has 1 amide bonds. The third-order valence-electron chi connectivity index (χ3n) is 5.80. The van der Waals surface area contributed by atoms with Crippen LogP contribution in [0, 0.1) is 0 Å². The monoisotopic (exact) mass is 436 g/mol. The summed E-state index contributed by atoms with van der Waals surface area (Å²) < 4.78 is 7.69. The van der Waals surface area contributed by atoms with Crippen LogP contribution < -0.4 is 5.32 Å². The highest BCUT2D eigenvalue weighted by Crippen LogP contribution is 2.40. The molecule has 0 radical (unpaired) electrons. The van der Waals surface area contributed by atoms with Crippen molar-refractivity contribution in [3.63, 3.8) is 0 Å². The van der Waals surface area contributed by atoms with Crippen molar-refractivity contribution in [2.24, 2.45) is 0 Å². The fourth-order valence-corrected chi connectivity index (χ4v) is 4.85. The molecule has 7 heteroatoms. The molecule has 1 unspecified atom stereocenters. The smallest absolute Gasteiger partial charge is 0.239 e. The molecule has 1 N–H and O–H groups in total. The summed E-state index contributed by atoms with van der Waals surface area (Å²) in [7, 11) is 0. The zero-order chi connectivity index (χ0) is 21.0. The maximum absolute atomic E-state index is 13.1. The standard InChI is InChI=1S/C24H28N4O2S/c29-24(17-27(15-20-8-4-12-30-20)16-21-9-5-13-31-21)25-23-14-22(18-10-11-18)26-28(23)19-6-2-1-3-7-19/h1-3,5-7,9,13-14,18,20H,4,8,10-12,15-17H2,(H,25,29). The summed E-state index contributed by atoms with van der Waals surface area (Å²) in [6.07, 6.45) is 4.73. The molecule has 6 nitrogen and oxygen atoms in total. The number of benzene rings is 1. The van der Waals surface area contributed by atoms with Crippen molar-refractivity contribution in [1.29, 1.82) is 0 Å².